The fourth-order valence-electron chi connectivity index (χ4n) is 4.04. The second-order valence-electron chi connectivity index (χ2n) is 7.78. The number of para-hydroxylation sites is 2. The Bertz CT molecular complexity index is 1210. The van der Waals surface area contributed by atoms with Crippen LogP contribution in [0.5, 0.6) is 0 Å². The van der Waals surface area contributed by atoms with Crippen LogP contribution in [-0.2, 0) is 4.79 Å². The molecule has 2 aromatic carbocycles. The van der Waals surface area contributed by atoms with Gasteiger partial charge in [-0.25, -0.2) is 10.4 Å². The number of thioether (sulfide) groups is 1. The first-order valence-corrected chi connectivity index (χ1v) is 12.3. The molecule has 0 spiro atoms. The molecule has 5 rings (SSSR count). The average molecular weight is 482 g/mol. The summed E-state index contributed by atoms with van der Waals surface area (Å²) >= 11 is 7.69. The zero-order valence-corrected chi connectivity index (χ0v) is 19.8. The van der Waals surface area contributed by atoms with Gasteiger partial charge in [0.05, 0.1) is 22.0 Å². The zero-order valence-electron chi connectivity index (χ0n) is 18.2. The Labute approximate surface area is 201 Å². The summed E-state index contributed by atoms with van der Waals surface area (Å²) in [4.78, 5) is 28.3. The van der Waals surface area contributed by atoms with Gasteiger partial charge in [-0.1, -0.05) is 54.6 Å². The summed E-state index contributed by atoms with van der Waals surface area (Å²) in [5.74, 6) is 1.53. The highest BCUT2D eigenvalue weighted by molar-refractivity contribution is 8.15. The third-order valence-corrected chi connectivity index (χ3v) is 7.06. The first-order valence-electron chi connectivity index (χ1n) is 10.9. The van der Waals surface area contributed by atoms with Crippen molar-refractivity contribution in [2.75, 3.05) is 53.7 Å². The molecule has 3 heterocycles. The number of hydrogen-bond acceptors (Lipinski definition) is 8. The summed E-state index contributed by atoms with van der Waals surface area (Å²) < 4.78 is 0. The fourth-order valence-corrected chi connectivity index (χ4v) is 5.08. The number of piperazine rings is 1. The van der Waals surface area contributed by atoms with Crippen LogP contribution in [0, 0.1) is 0 Å². The van der Waals surface area contributed by atoms with Crippen molar-refractivity contribution in [3.8, 4) is 0 Å². The van der Waals surface area contributed by atoms with Crippen LogP contribution in [0.4, 0.5) is 17.5 Å². The number of anilines is 3. The molecule has 0 saturated carbocycles. The third kappa shape index (κ3) is 4.48. The third-order valence-electron chi connectivity index (χ3n) is 5.81. The number of carbonyl (C=O) groups is 1. The van der Waals surface area contributed by atoms with E-state index in [-0.39, 0.29) is 5.91 Å². The van der Waals surface area contributed by atoms with Gasteiger partial charge < -0.3 is 9.80 Å². The number of nitrogens with zero attached hydrogens (tertiary/aromatic N) is 6. The molecule has 10 heteroatoms. The second-order valence-corrected chi connectivity index (χ2v) is 9.13. The Morgan fingerprint density at radius 2 is 1.82 bits per heavy atom. The molecule has 2 aliphatic rings. The van der Waals surface area contributed by atoms with E-state index in [9.17, 15) is 4.79 Å². The maximum absolute atomic E-state index is 12.5. The van der Waals surface area contributed by atoms with Crippen LogP contribution in [0.3, 0.4) is 0 Å². The van der Waals surface area contributed by atoms with Crippen LogP contribution < -0.4 is 15.2 Å². The summed E-state index contributed by atoms with van der Waals surface area (Å²) in [6, 6.07) is 15.3. The van der Waals surface area contributed by atoms with Crippen molar-refractivity contribution < 1.29 is 4.79 Å². The molecule has 0 radical (unpaired) electrons. The molecule has 2 saturated heterocycles. The standard InChI is InChI=1S/C23H24ClN7OS/c1-2-29-11-13-30(14-12-29)21-16-7-3-5-9-18(16)25-22(26-21)27-28-23-31(20(32)15-33-23)19-10-6-4-8-17(19)24/h3-10H,2,11-15H2,1H3,(H,25,26,27). The van der Waals surface area contributed by atoms with Crippen molar-refractivity contribution in [1.82, 2.24) is 14.9 Å². The molecule has 0 bridgehead atoms. The Morgan fingerprint density at radius 3 is 2.61 bits per heavy atom. The Morgan fingerprint density at radius 1 is 1.06 bits per heavy atom. The van der Waals surface area contributed by atoms with Gasteiger partial charge in [-0.2, -0.15) is 4.98 Å². The zero-order chi connectivity index (χ0) is 22.8. The van der Waals surface area contributed by atoms with Crippen molar-refractivity contribution >= 4 is 62.8 Å². The number of carbonyl (C=O) groups excluding carboxylic acids is 1. The molecule has 1 N–H and O–H groups in total. The lowest BCUT2D eigenvalue weighted by molar-refractivity contribution is -0.115. The number of rotatable bonds is 5. The van der Waals surface area contributed by atoms with Crippen LogP contribution >= 0.6 is 23.4 Å². The SMILES string of the molecule is CCN1CCN(c2nc(NN=C3SCC(=O)N3c3ccccc3Cl)nc3ccccc23)CC1. The van der Waals surface area contributed by atoms with Gasteiger partial charge in [0.25, 0.3) is 0 Å². The molecule has 170 valence electrons. The van der Waals surface area contributed by atoms with Gasteiger partial charge in [0.1, 0.15) is 5.82 Å². The number of hydrogen-bond donors (Lipinski definition) is 1. The molecule has 33 heavy (non-hydrogen) atoms. The summed E-state index contributed by atoms with van der Waals surface area (Å²) in [6.45, 7) is 7.08. The summed E-state index contributed by atoms with van der Waals surface area (Å²) in [5.41, 5.74) is 4.45. The predicted molar refractivity (Wildman–Crippen MR) is 136 cm³/mol. The lowest BCUT2D eigenvalue weighted by atomic mass is 10.2. The van der Waals surface area contributed by atoms with Crippen LogP contribution in [0.1, 0.15) is 6.92 Å². The topological polar surface area (TPSA) is 77.0 Å². The number of nitrogens with one attached hydrogen (secondary N) is 1. The predicted octanol–water partition coefficient (Wildman–Crippen LogP) is 3.89. The molecule has 2 fully saturated rings. The van der Waals surface area contributed by atoms with Crippen LogP contribution in [0.2, 0.25) is 5.02 Å². The van der Waals surface area contributed by atoms with E-state index >= 15 is 0 Å². The highest BCUT2D eigenvalue weighted by Gasteiger charge is 2.31. The van der Waals surface area contributed by atoms with Gasteiger partial charge in [-0.3, -0.25) is 9.69 Å². The number of benzene rings is 2. The van der Waals surface area contributed by atoms with Crippen molar-refractivity contribution in [2.45, 2.75) is 6.92 Å². The van der Waals surface area contributed by atoms with Crippen molar-refractivity contribution in [2.24, 2.45) is 5.10 Å². The molecule has 0 aliphatic carbocycles. The maximum atomic E-state index is 12.5. The molecule has 1 amide bonds. The first kappa shape index (κ1) is 21.9. The fraction of sp³-hybridized carbons (Fsp3) is 0.304. The lowest BCUT2D eigenvalue weighted by Gasteiger charge is -2.35. The number of fused-ring (bicyclic) bond motifs is 1. The van der Waals surface area contributed by atoms with Crippen molar-refractivity contribution in [3.05, 3.63) is 53.6 Å². The highest BCUT2D eigenvalue weighted by Crippen LogP contribution is 2.32. The van der Waals surface area contributed by atoms with Crippen molar-refractivity contribution in [1.29, 1.82) is 0 Å². The molecule has 0 unspecified atom stereocenters. The number of hydrazone groups is 1. The number of halogens is 1. The van der Waals surface area contributed by atoms with Gasteiger partial charge in [-0.15, -0.1) is 5.10 Å². The Hall–Kier alpha value is -2.88. The van der Waals surface area contributed by atoms with Gasteiger partial charge in [0.2, 0.25) is 11.9 Å². The molecule has 2 aliphatic heterocycles. The molecule has 3 aromatic rings. The normalized spacial score (nSPS) is 18.5. The van der Waals surface area contributed by atoms with E-state index in [0.29, 0.717) is 27.6 Å². The highest BCUT2D eigenvalue weighted by atomic mass is 35.5. The molecule has 8 nitrogen and oxygen atoms in total. The van der Waals surface area contributed by atoms with Gasteiger partial charge in [0, 0.05) is 31.6 Å². The summed E-state index contributed by atoms with van der Waals surface area (Å²) in [7, 11) is 0. The minimum Gasteiger partial charge on any atom is -0.353 e. The maximum Gasteiger partial charge on any atom is 0.246 e. The van der Waals surface area contributed by atoms with Gasteiger partial charge in [-0.05, 0) is 30.8 Å². The van der Waals surface area contributed by atoms with Crippen LogP contribution in [0.25, 0.3) is 10.9 Å². The van der Waals surface area contributed by atoms with Gasteiger partial charge >= 0.3 is 0 Å². The van der Waals surface area contributed by atoms with E-state index in [2.05, 4.69) is 38.3 Å². The van der Waals surface area contributed by atoms with E-state index in [4.69, 9.17) is 16.6 Å². The molecular formula is C23H24ClN7OS. The molecular weight excluding hydrogens is 458 g/mol. The molecule has 0 atom stereocenters. The first-order chi connectivity index (χ1) is 16.1. The van der Waals surface area contributed by atoms with E-state index in [1.807, 2.05) is 36.4 Å². The summed E-state index contributed by atoms with van der Waals surface area (Å²) in [5, 5.41) is 6.52. The number of aromatic nitrogens is 2. The minimum atomic E-state index is -0.0671. The van der Waals surface area contributed by atoms with E-state index in [0.717, 1.165) is 49.4 Å². The number of likely N-dealkylation sites (N-methyl/N-ethyl adjacent to an activating group) is 1. The quantitative estimate of drug-likeness (QED) is 0.554. The summed E-state index contributed by atoms with van der Waals surface area (Å²) in [6.07, 6.45) is 0. The lowest BCUT2D eigenvalue weighted by Crippen LogP contribution is -2.46. The van der Waals surface area contributed by atoms with E-state index in [1.165, 1.54) is 16.7 Å². The minimum absolute atomic E-state index is 0.0671. The monoisotopic (exact) mass is 481 g/mol. The van der Waals surface area contributed by atoms with Crippen LogP contribution in [-0.4, -0.2) is 64.4 Å². The van der Waals surface area contributed by atoms with Crippen molar-refractivity contribution in [3.63, 3.8) is 0 Å². The second kappa shape index (κ2) is 9.54. The van der Waals surface area contributed by atoms with E-state index < -0.39 is 0 Å². The average Bonchev–Trinajstić information content (AvgIpc) is 3.22. The number of amides is 1. The largest absolute Gasteiger partial charge is 0.353 e. The smallest absolute Gasteiger partial charge is 0.246 e. The van der Waals surface area contributed by atoms with Gasteiger partial charge in [0.15, 0.2) is 5.17 Å². The number of amidine groups is 1. The Balaban J connectivity index is 1.45. The van der Waals surface area contributed by atoms with Crippen LogP contribution in [0.15, 0.2) is 53.6 Å². The molecule has 1 aromatic heterocycles. The Kier molecular flexibility index (Phi) is 6.34. The van der Waals surface area contributed by atoms with E-state index in [1.54, 1.807) is 6.07 Å².